The molecule has 3 nitrogen and oxygen atoms in total. The lowest BCUT2D eigenvalue weighted by molar-refractivity contribution is 0.276. The molecule has 0 spiro atoms. The van der Waals surface area contributed by atoms with Crippen LogP contribution in [0.15, 0.2) is 12.1 Å². The lowest BCUT2D eigenvalue weighted by Crippen LogP contribution is -2.34. The molecule has 2 unspecified atom stereocenters. The number of hydrogen-bond acceptors (Lipinski definition) is 2. The maximum Gasteiger partial charge on any atom is 0.186 e. The van der Waals surface area contributed by atoms with Crippen molar-refractivity contribution in [3.8, 4) is 0 Å². The number of imidazole rings is 1. The van der Waals surface area contributed by atoms with E-state index < -0.39 is 11.6 Å². The summed E-state index contributed by atoms with van der Waals surface area (Å²) in [5, 5.41) is 3.40. The third-order valence-corrected chi connectivity index (χ3v) is 4.25. The average Bonchev–Trinajstić information content (AvgIpc) is 2.87. The van der Waals surface area contributed by atoms with E-state index in [1.807, 2.05) is 0 Å². The van der Waals surface area contributed by atoms with Crippen molar-refractivity contribution in [1.82, 2.24) is 15.3 Å². The summed E-state index contributed by atoms with van der Waals surface area (Å²) in [7, 11) is 0. The van der Waals surface area contributed by atoms with Crippen LogP contribution in [0.3, 0.4) is 0 Å². The summed E-state index contributed by atoms with van der Waals surface area (Å²) in [6.45, 7) is 4.32. The van der Waals surface area contributed by atoms with Crippen LogP contribution < -0.4 is 5.32 Å². The van der Waals surface area contributed by atoms with Crippen molar-refractivity contribution in [3.05, 3.63) is 29.6 Å². The van der Waals surface area contributed by atoms with E-state index in [0.717, 1.165) is 31.4 Å². The van der Waals surface area contributed by atoms with Crippen molar-refractivity contribution in [2.24, 2.45) is 11.8 Å². The molecule has 2 heterocycles. The third-order valence-electron chi connectivity index (χ3n) is 4.25. The van der Waals surface area contributed by atoms with E-state index in [9.17, 15) is 8.78 Å². The van der Waals surface area contributed by atoms with Gasteiger partial charge in [-0.15, -0.1) is 0 Å². The maximum absolute atomic E-state index is 13.6. The summed E-state index contributed by atoms with van der Waals surface area (Å²) < 4.78 is 26.8. The Bertz CT molecular complexity index is 602. The zero-order valence-electron chi connectivity index (χ0n) is 11.5. The fourth-order valence-electron chi connectivity index (χ4n) is 3.00. The number of benzene rings is 1. The van der Waals surface area contributed by atoms with E-state index in [-0.39, 0.29) is 5.52 Å². The van der Waals surface area contributed by atoms with Gasteiger partial charge < -0.3 is 10.3 Å². The fraction of sp³-hybridized carbons (Fsp3) is 0.533. The molecule has 0 amide bonds. The predicted molar refractivity (Wildman–Crippen MR) is 74.5 cm³/mol. The number of fused-ring (bicyclic) bond motifs is 1. The van der Waals surface area contributed by atoms with Gasteiger partial charge >= 0.3 is 0 Å². The minimum absolute atomic E-state index is 0.106. The summed E-state index contributed by atoms with van der Waals surface area (Å²) in [5.74, 6) is 0.120. The quantitative estimate of drug-likeness (QED) is 0.906. The molecule has 1 aromatic heterocycles. The summed E-state index contributed by atoms with van der Waals surface area (Å²) in [4.78, 5) is 7.31. The van der Waals surface area contributed by atoms with Gasteiger partial charge in [-0.2, -0.15) is 0 Å². The highest BCUT2D eigenvalue weighted by Gasteiger charge is 2.21. The van der Waals surface area contributed by atoms with Gasteiger partial charge in [0.15, 0.2) is 11.6 Å². The molecule has 0 aliphatic carbocycles. The van der Waals surface area contributed by atoms with Gasteiger partial charge in [0.2, 0.25) is 0 Å². The second kappa shape index (κ2) is 5.48. The molecule has 1 aliphatic heterocycles. The first-order valence-electron chi connectivity index (χ1n) is 7.18. The number of halogens is 2. The topological polar surface area (TPSA) is 40.7 Å². The Morgan fingerprint density at radius 3 is 3.00 bits per heavy atom. The lowest BCUT2D eigenvalue weighted by atomic mass is 9.85. The largest absolute Gasteiger partial charge is 0.342 e. The lowest BCUT2D eigenvalue weighted by Gasteiger charge is -2.27. The molecule has 20 heavy (non-hydrogen) atoms. The molecule has 1 fully saturated rings. The summed E-state index contributed by atoms with van der Waals surface area (Å²) in [6, 6.07) is 2.67. The molecule has 108 valence electrons. The minimum Gasteiger partial charge on any atom is -0.342 e. The van der Waals surface area contributed by atoms with Crippen LogP contribution in [0.5, 0.6) is 0 Å². The molecular weight excluding hydrogens is 260 g/mol. The standard InChI is InChI=1S/C15H19F2N3/c1-9(10-3-2-6-18-8-10)7-13-19-12-5-4-11(16)14(17)15(12)20-13/h4-5,9-10,18H,2-3,6-8H2,1H3,(H,19,20). The first kappa shape index (κ1) is 13.5. The minimum atomic E-state index is -0.864. The van der Waals surface area contributed by atoms with Crippen molar-refractivity contribution in [1.29, 1.82) is 0 Å². The van der Waals surface area contributed by atoms with E-state index in [4.69, 9.17) is 0 Å². The fourth-order valence-corrected chi connectivity index (χ4v) is 3.00. The average molecular weight is 279 g/mol. The Labute approximate surface area is 116 Å². The van der Waals surface area contributed by atoms with Crippen LogP contribution in [0.4, 0.5) is 8.78 Å². The second-order valence-electron chi connectivity index (χ2n) is 5.73. The molecule has 2 aromatic rings. The van der Waals surface area contributed by atoms with Gasteiger partial charge in [0, 0.05) is 6.42 Å². The number of nitrogens with zero attached hydrogens (tertiary/aromatic N) is 1. The zero-order valence-corrected chi connectivity index (χ0v) is 11.5. The van der Waals surface area contributed by atoms with E-state index in [1.54, 1.807) is 0 Å². The molecule has 0 saturated carbocycles. The number of aromatic amines is 1. The highest BCUT2D eigenvalue weighted by atomic mass is 19.2. The van der Waals surface area contributed by atoms with Gasteiger partial charge in [0.05, 0.1) is 5.52 Å². The van der Waals surface area contributed by atoms with Crippen LogP contribution in [0.1, 0.15) is 25.6 Å². The monoisotopic (exact) mass is 279 g/mol. The first-order valence-corrected chi connectivity index (χ1v) is 7.18. The molecule has 1 saturated heterocycles. The molecule has 0 bridgehead atoms. The predicted octanol–water partition coefficient (Wildman–Crippen LogP) is 3.02. The van der Waals surface area contributed by atoms with E-state index in [2.05, 4.69) is 22.2 Å². The second-order valence-corrected chi connectivity index (χ2v) is 5.73. The smallest absolute Gasteiger partial charge is 0.186 e. The van der Waals surface area contributed by atoms with Gasteiger partial charge in [-0.1, -0.05) is 6.92 Å². The molecule has 0 radical (unpaired) electrons. The third kappa shape index (κ3) is 2.54. The number of aromatic nitrogens is 2. The zero-order chi connectivity index (χ0) is 14.1. The Hall–Kier alpha value is -1.49. The number of piperidine rings is 1. The molecule has 1 aromatic carbocycles. The van der Waals surface area contributed by atoms with E-state index in [1.165, 1.54) is 18.9 Å². The molecule has 3 rings (SSSR count). The van der Waals surface area contributed by atoms with Gasteiger partial charge in [-0.3, -0.25) is 0 Å². The van der Waals surface area contributed by atoms with Crippen LogP contribution in [0, 0.1) is 23.5 Å². The van der Waals surface area contributed by atoms with Crippen molar-refractivity contribution in [3.63, 3.8) is 0 Å². The van der Waals surface area contributed by atoms with Crippen molar-refractivity contribution >= 4 is 11.0 Å². The molecule has 2 N–H and O–H groups in total. The molecule has 1 aliphatic rings. The van der Waals surface area contributed by atoms with Crippen LogP contribution in [-0.4, -0.2) is 23.1 Å². The van der Waals surface area contributed by atoms with Gasteiger partial charge in [0.25, 0.3) is 0 Å². The Balaban J connectivity index is 1.78. The first-order chi connectivity index (χ1) is 9.65. The summed E-state index contributed by atoms with van der Waals surface area (Å²) in [5.41, 5.74) is 0.668. The van der Waals surface area contributed by atoms with Crippen LogP contribution in [0.25, 0.3) is 11.0 Å². The Morgan fingerprint density at radius 1 is 1.40 bits per heavy atom. The van der Waals surface area contributed by atoms with Crippen LogP contribution >= 0.6 is 0 Å². The summed E-state index contributed by atoms with van der Waals surface area (Å²) in [6.07, 6.45) is 3.19. The van der Waals surface area contributed by atoms with E-state index in [0.29, 0.717) is 17.4 Å². The summed E-state index contributed by atoms with van der Waals surface area (Å²) >= 11 is 0. The Kier molecular flexibility index (Phi) is 3.70. The van der Waals surface area contributed by atoms with Crippen molar-refractivity contribution < 1.29 is 8.78 Å². The highest BCUT2D eigenvalue weighted by molar-refractivity contribution is 5.75. The number of hydrogen-bond donors (Lipinski definition) is 2. The normalized spacial score (nSPS) is 21.2. The van der Waals surface area contributed by atoms with Gasteiger partial charge in [0.1, 0.15) is 11.3 Å². The van der Waals surface area contributed by atoms with Gasteiger partial charge in [-0.25, -0.2) is 13.8 Å². The maximum atomic E-state index is 13.6. The highest BCUT2D eigenvalue weighted by Crippen LogP contribution is 2.24. The molecular formula is C15H19F2N3. The van der Waals surface area contributed by atoms with Crippen LogP contribution in [0.2, 0.25) is 0 Å². The van der Waals surface area contributed by atoms with Crippen molar-refractivity contribution in [2.75, 3.05) is 13.1 Å². The molecule has 5 heteroatoms. The van der Waals surface area contributed by atoms with Crippen molar-refractivity contribution in [2.45, 2.75) is 26.2 Å². The van der Waals surface area contributed by atoms with Gasteiger partial charge in [-0.05, 0) is 49.9 Å². The number of H-pyrrole nitrogens is 1. The number of rotatable bonds is 3. The SMILES string of the molecule is CC(Cc1nc2c(F)c(F)ccc2[nH]1)C1CCCNC1. The van der Waals surface area contributed by atoms with Crippen LogP contribution in [-0.2, 0) is 6.42 Å². The Morgan fingerprint density at radius 2 is 2.25 bits per heavy atom. The molecule has 2 atom stereocenters. The van der Waals surface area contributed by atoms with E-state index >= 15 is 0 Å². The number of nitrogens with one attached hydrogen (secondary N) is 2.